The van der Waals surface area contributed by atoms with Gasteiger partial charge < -0.3 is 10.5 Å². The predicted molar refractivity (Wildman–Crippen MR) is 81.0 cm³/mol. The molecular weight excluding hydrogens is 296 g/mol. The SMILES string of the molecule is COC(=O)c1ccc(CSc2c(N)cccc2Cl)nc1. The maximum atomic E-state index is 11.3. The molecule has 0 fully saturated rings. The van der Waals surface area contributed by atoms with Gasteiger partial charge in [-0.15, -0.1) is 11.8 Å². The first-order valence-electron chi connectivity index (χ1n) is 5.82. The number of nitrogens with two attached hydrogens (primary N) is 1. The number of esters is 1. The minimum atomic E-state index is -0.396. The number of hydrogen-bond donors (Lipinski definition) is 1. The predicted octanol–water partition coefficient (Wildman–Crippen LogP) is 3.40. The summed E-state index contributed by atoms with van der Waals surface area (Å²) in [6.45, 7) is 0. The van der Waals surface area contributed by atoms with Crippen LogP contribution in [0.1, 0.15) is 16.1 Å². The number of anilines is 1. The summed E-state index contributed by atoms with van der Waals surface area (Å²) < 4.78 is 4.62. The van der Waals surface area contributed by atoms with Crippen molar-refractivity contribution < 1.29 is 9.53 Å². The van der Waals surface area contributed by atoms with Crippen molar-refractivity contribution in [3.63, 3.8) is 0 Å². The molecule has 0 spiro atoms. The highest BCUT2D eigenvalue weighted by Crippen LogP contribution is 2.34. The number of carbonyl (C=O) groups excluding carboxylic acids is 1. The first-order chi connectivity index (χ1) is 9.61. The zero-order valence-electron chi connectivity index (χ0n) is 10.8. The van der Waals surface area contributed by atoms with Gasteiger partial charge in [-0.05, 0) is 24.3 Å². The van der Waals surface area contributed by atoms with Crippen molar-refractivity contribution in [2.75, 3.05) is 12.8 Å². The van der Waals surface area contributed by atoms with Gasteiger partial charge in [-0.1, -0.05) is 17.7 Å². The Morgan fingerprint density at radius 1 is 1.40 bits per heavy atom. The molecule has 4 nitrogen and oxygen atoms in total. The topological polar surface area (TPSA) is 65.2 Å². The van der Waals surface area contributed by atoms with Gasteiger partial charge in [-0.2, -0.15) is 0 Å². The third-order valence-corrected chi connectivity index (χ3v) is 4.22. The van der Waals surface area contributed by atoms with E-state index in [1.54, 1.807) is 18.2 Å². The first kappa shape index (κ1) is 14.7. The molecule has 2 rings (SSSR count). The van der Waals surface area contributed by atoms with Crippen molar-refractivity contribution >= 4 is 35.0 Å². The van der Waals surface area contributed by atoms with E-state index < -0.39 is 5.97 Å². The summed E-state index contributed by atoms with van der Waals surface area (Å²) in [5.41, 5.74) is 7.79. The number of nitrogen functional groups attached to an aromatic ring is 1. The molecule has 0 unspecified atom stereocenters. The van der Waals surface area contributed by atoms with E-state index in [4.69, 9.17) is 17.3 Å². The largest absolute Gasteiger partial charge is 0.465 e. The molecule has 104 valence electrons. The number of thioether (sulfide) groups is 1. The van der Waals surface area contributed by atoms with Gasteiger partial charge >= 0.3 is 5.97 Å². The molecule has 1 aromatic heterocycles. The smallest absolute Gasteiger partial charge is 0.339 e. The number of nitrogens with zero attached hydrogens (tertiary/aromatic N) is 1. The van der Waals surface area contributed by atoms with Gasteiger partial charge in [0.25, 0.3) is 0 Å². The highest BCUT2D eigenvalue weighted by atomic mass is 35.5. The fraction of sp³-hybridized carbons (Fsp3) is 0.143. The van der Waals surface area contributed by atoms with Gasteiger partial charge in [0.15, 0.2) is 0 Å². The number of pyridine rings is 1. The summed E-state index contributed by atoms with van der Waals surface area (Å²) in [4.78, 5) is 16.3. The molecule has 0 atom stereocenters. The lowest BCUT2D eigenvalue weighted by atomic mass is 10.2. The molecule has 0 radical (unpaired) electrons. The van der Waals surface area contributed by atoms with Crippen LogP contribution in [0.25, 0.3) is 0 Å². The number of aromatic nitrogens is 1. The molecule has 2 N–H and O–H groups in total. The second-order valence-electron chi connectivity index (χ2n) is 3.98. The molecule has 0 saturated carbocycles. The van der Waals surface area contributed by atoms with Gasteiger partial charge in [-0.25, -0.2) is 4.79 Å². The van der Waals surface area contributed by atoms with E-state index in [2.05, 4.69) is 9.72 Å². The van der Waals surface area contributed by atoms with Crippen LogP contribution in [0.4, 0.5) is 5.69 Å². The van der Waals surface area contributed by atoms with Crippen LogP contribution < -0.4 is 5.73 Å². The number of benzene rings is 1. The summed E-state index contributed by atoms with van der Waals surface area (Å²) in [6, 6.07) is 8.89. The first-order valence-corrected chi connectivity index (χ1v) is 7.18. The van der Waals surface area contributed by atoms with Crippen LogP contribution in [0.5, 0.6) is 0 Å². The van der Waals surface area contributed by atoms with E-state index in [-0.39, 0.29) is 0 Å². The molecule has 0 aliphatic rings. The third kappa shape index (κ3) is 3.43. The van der Waals surface area contributed by atoms with Crippen LogP contribution in [-0.4, -0.2) is 18.1 Å². The van der Waals surface area contributed by atoms with Crippen molar-refractivity contribution in [2.24, 2.45) is 0 Å². The van der Waals surface area contributed by atoms with Crippen molar-refractivity contribution in [3.05, 3.63) is 52.8 Å². The van der Waals surface area contributed by atoms with E-state index in [1.165, 1.54) is 25.1 Å². The lowest BCUT2D eigenvalue weighted by molar-refractivity contribution is 0.0600. The summed E-state index contributed by atoms with van der Waals surface area (Å²) >= 11 is 7.61. The second-order valence-corrected chi connectivity index (χ2v) is 5.37. The fourth-order valence-electron chi connectivity index (χ4n) is 1.57. The van der Waals surface area contributed by atoms with Crippen LogP contribution in [-0.2, 0) is 10.5 Å². The van der Waals surface area contributed by atoms with Crippen LogP contribution in [0, 0.1) is 0 Å². The van der Waals surface area contributed by atoms with Gasteiger partial charge in [0.1, 0.15) is 0 Å². The minimum Gasteiger partial charge on any atom is -0.465 e. The molecule has 0 bridgehead atoms. The highest BCUT2D eigenvalue weighted by molar-refractivity contribution is 7.98. The average molecular weight is 309 g/mol. The number of hydrogen-bond acceptors (Lipinski definition) is 5. The summed E-state index contributed by atoms with van der Waals surface area (Å²) in [5.74, 6) is 0.224. The van der Waals surface area contributed by atoms with Crippen LogP contribution in [0.3, 0.4) is 0 Å². The van der Waals surface area contributed by atoms with Gasteiger partial charge in [0.05, 0.1) is 23.4 Å². The number of ether oxygens (including phenoxy) is 1. The fourth-order valence-corrected chi connectivity index (χ4v) is 2.82. The molecule has 2 aromatic rings. The Labute approximate surface area is 126 Å². The van der Waals surface area contributed by atoms with Crippen molar-refractivity contribution in [2.45, 2.75) is 10.6 Å². The van der Waals surface area contributed by atoms with E-state index >= 15 is 0 Å². The molecule has 1 heterocycles. The zero-order chi connectivity index (χ0) is 14.5. The maximum absolute atomic E-state index is 11.3. The van der Waals surface area contributed by atoms with E-state index in [0.29, 0.717) is 22.0 Å². The van der Waals surface area contributed by atoms with Crippen molar-refractivity contribution in [1.82, 2.24) is 4.98 Å². The quantitative estimate of drug-likeness (QED) is 0.533. The third-order valence-electron chi connectivity index (χ3n) is 2.61. The van der Waals surface area contributed by atoms with E-state index in [9.17, 15) is 4.79 Å². The minimum absolute atomic E-state index is 0.396. The molecule has 0 aliphatic carbocycles. The Kier molecular flexibility index (Phi) is 4.87. The molecule has 0 saturated heterocycles. The van der Waals surface area contributed by atoms with E-state index in [0.717, 1.165) is 10.6 Å². The van der Waals surface area contributed by atoms with Crippen LogP contribution >= 0.6 is 23.4 Å². The molecule has 0 aliphatic heterocycles. The molecule has 0 amide bonds. The van der Waals surface area contributed by atoms with Crippen molar-refractivity contribution in [1.29, 1.82) is 0 Å². The monoisotopic (exact) mass is 308 g/mol. The Bertz CT molecular complexity index is 597. The molecule has 20 heavy (non-hydrogen) atoms. The molecular formula is C14H13ClN2O2S. The van der Waals surface area contributed by atoms with E-state index in [1.807, 2.05) is 12.1 Å². The Balaban J connectivity index is 2.06. The normalized spacial score (nSPS) is 10.3. The zero-order valence-corrected chi connectivity index (χ0v) is 12.4. The van der Waals surface area contributed by atoms with Gasteiger partial charge in [0, 0.05) is 22.5 Å². The summed E-state index contributed by atoms with van der Waals surface area (Å²) in [6.07, 6.45) is 1.50. The van der Waals surface area contributed by atoms with Crippen LogP contribution in [0.2, 0.25) is 5.02 Å². The number of methoxy groups -OCH3 is 1. The summed E-state index contributed by atoms with van der Waals surface area (Å²) in [5, 5.41) is 0.626. The Hall–Kier alpha value is -1.72. The second kappa shape index (κ2) is 6.63. The summed E-state index contributed by atoms with van der Waals surface area (Å²) in [7, 11) is 1.34. The van der Waals surface area contributed by atoms with Crippen molar-refractivity contribution in [3.8, 4) is 0 Å². The van der Waals surface area contributed by atoms with Gasteiger partial charge in [-0.3, -0.25) is 4.98 Å². The Morgan fingerprint density at radius 3 is 2.80 bits per heavy atom. The number of halogens is 1. The molecule has 6 heteroatoms. The average Bonchev–Trinajstić information content (AvgIpc) is 2.46. The lowest BCUT2D eigenvalue weighted by Crippen LogP contribution is -2.02. The van der Waals surface area contributed by atoms with Crippen LogP contribution in [0.15, 0.2) is 41.4 Å². The number of carbonyl (C=O) groups is 1. The molecule has 1 aromatic carbocycles. The standard InChI is InChI=1S/C14H13ClN2O2S/c1-19-14(18)9-5-6-10(17-7-9)8-20-13-11(15)3-2-4-12(13)16/h2-7H,8,16H2,1H3. The highest BCUT2D eigenvalue weighted by Gasteiger charge is 2.08. The van der Waals surface area contributed by atoms with Gasteiger partial charge in [0.2, 0.25) is 0 Å². The Morgan fingerprint density at radius 2 is 2.20 bits per heavy atom. The number of rotatable bonds is 4. The maximum Gasteiger partial charge on any atom is 0.339 e. The lowest BCUT2D eigenvalue weighted by Gasteiger charge is -2.07.